The van der Waals surface area contributed by atoms with Crippen LogP contribution in [0.5, 0.6) is 0 Å². The summed E-state index contributed by atoms with van der Waals surface area (Å²) < 4.78 is 2.01. The van der Waals surface area contributed by atoms with E-state index in [2.05, 4.69) is 28.4 Å². The highest BCUT2D eigenvalue weighted by Gasteiger charge is 2.24. The topological polar surface area (TPSA) is 42.7 Å². The van der Waals surface area contributed by atoms with E-state index in [0.29, 0.717) is 12.1 Å². The standard InChI is InChI=1S/C15H20N4/c1-11(12-5-4-8-16-9-12)18-14-6-3-7-15-13(14)10-17-19(15)2/h4-5,8-11,14,18H,3,6-7H2,1-2H3/t11-,14?/m1/s1. The molecule has 0 bridgehead atoms. The van der Waals surface area contributed by atoms with Crippen molar-refractivity contribution in [1.29, 1.82) is 0 Å². The summed E-state index contributed by atoms with van der Waals surface area (Å²) in [6.45, 7) is 2.20. The SMILES string of the molecule is C[C@@H](NC1CCCc2c1cnn2C)c1cccnc1. The van der Waals surface area contributed by atoms with Crippen LogP contribution in [0.25, 0.3) is 0 Å². The number of fused-ring (bicyclic) bond motifs is 1. The quantitative estimate of drug-likeness (QED) is 0.917. The van der Waals surface area contributed by atoms with Gasteiger partial charge in [0.2, 0.25) is 0 Å². The van der Waals surface area contributed by atoms with E-state index in [0.717, 1.165) is 6.42 Å². The molecule has 0 aliphatic heterocycles. The Morgan fingerprint density at radius 3 is 3.11 bits per heavy atom. The Hall–Kier alpha value is -1.68. The van der Waals surface area contributed by atoms with Crippen LogP contribution in [-0.2, 0) is 13.5 Å². The summed E-state index contributed by atoms with van der Waals surface area (Å²) in [6, 6.07) is 4.83. The van der Waals surface area contributed by atoms with Crippen molar-refractivity contribution >= 4 is 0 Å². The summed E-state index contributed by atoms with van der Waals surface area (Å²) in [4.78, 5) is 4.19. The zero-order valence-corrected chi connectivity index (χ0v) is 11.5. The predicted octanol–water partition coefficient (Wildman–Crippen LogP) is 2.54. The van der Waals surface area contributed by atoms with E-state index in [1.165, 1.54) is 29.7 Å². The highest BCUT2D eigenvalue weighted by molar-refractivity contribution is 5.25. The summed E-state index contributed by atoms with van der Waals surface area (Å²) >= 11 is 0. The lowest BCUT2D eigenvalue weighted by Crippen LogP contribution is -2.27. The minimum Gasteiger partial charge on any atom is -0.303 e. The molecule has 0 spiro atoms. The minimum atomic E-state index is 0.310. The van der Waals surface area contributed by atoms with Crippen LogP contribution in [-0.4, -0.2) is 14.8 Å². The number of nitrogens with zero attached hydrogens (tertiary/aromatic N) is 3. The Morgan fingerprint density at radius 1 is 1.42 bits per heavy atom. The van der Waals surface area contributed by atoms with Crippen molar-refractivity contribution in [2.75, 3.05) is 0 Å². The molecule has 2 aromatic heterocycles. The molecule has 0 amide bonds. The maximum Gasteiger partial charge on any atom is 0.0540 e. The second-order valence-electron chi connectivity index (χ2n) is 5.29. The fraction of sp³-hybridized carbons (Fsp3) is 0.467. The Labute approximate surface area is 113 Å². The van der Waals surface area contributed by atoms with E-state index < -0.39 is 0 Å². The highest BCUT2D eigenvalue weighted by atomic mass is 15.3. The molecule has 2 aromatic rings. The molecule has 1 N–H and O–H groups in total. The number of aryl methyl sites for hydroxylation is 1. The van der Waals surface area contributed by atoms with Crippen molar-refractivity contribution in [1.82, 2.24) is 20.1 Å². The predicted molar refractivity (Wildman–Crippen MR) is 74.7 cm³/mol. The third-order valence-electron chi connectivity index (χ3n) is 4.01. The van der Waals surface area contributed by atoms with Crippen LogP contribution >= 0.6 is 0 Å². The van der Waals surface area contributed by atoms with Crippen molar-refractivity contribution in [3.05, 3.63) is 47.5 Å². The van der Waals surface area contributed by atoms with Crippen molar-refractivity contribution in [2.45, 2.75) is 38.3 Å². The van der Waals surface area contributed by atoms with E-state index in [4.69, 9.17) is 0 Å². The highest BCUT2D eigenvalue weighted by Crippen LogP contribution is 2.31. The van der Waals surface area contributed by atoms with Crippen LogP contribution in [0.15, 0.2) is 30.7 Å². The number of nitrogens with one attached hydrogen (secondary N) is 1. The Kier molecular flexibility index (Phi) is 3.34. The second kappa shape index (κ2) is 5.13. The molecule has 0 radical (unpaired) electrons. The van der Waals surface area contributed by atoms with Crippen molar-refractivity contribution < 1.29 is 0 Å². The average molecular weight is 256 g/mol. The normalized spacial score (nSPS) is 20.0. The first-order chi connectivity index (χ1) is 9.25. The number of pyridine rings is 1. The molecule has 3 rings (SSSR count). The van der Waals surface area contributed by atoms with Crippen LogP contribution in [0, 0.1) is 0 Å². The third kappa shape index (κ3) is 2.40. The maximum atomic E-state index is 4.39. The molecule has 2 heterocycles. The molecule has 100 valence electrons. The fourth-order valence-corrected chi connectivity index (χ4v) is 2.91. The van der Waals surface area contributed by atoms with E-state index in [9.17, 15) is 0 Å². The smallest absolute Gasteiger partial charge is 0.0540 e. The van der Waals surface area contributed by atoms with E-state index in [1.54, 1.807) is 0 Å². The number of rotatable bonds is 3. The zero-order valence-electron chi connectivity index (χ0n) is 11.5. The van der Waals surface area contributed by atoms with Crippen molar-refractivity contribution in [2.24, 2.45) is 7.05 Å². The Morgan fingerprint density at radius 2 is 2.32 bits per heavy atom. The molecule has 1 aliphatic rings. The molecule has 1 aliphatic carbocycles. The molecule has 0 aromatic carbocycles. The van der Waals surface area contributed by atoms with Gasteiger partial charge in [-0.25, -0.2) is 0 Å². The summed E-state index contributed by atoms with van der Waals surface area (Å²) in [6.07, 6.45) is 9.32. The van der Waals surface area contributed by atoms with Gasteiger partial charge in [0.1, 0.15) is 0 Å². The summed E-state index contributed by atoms with van der Waals surface area (Å²) in [7, 11) is 2.03. The first-order valence-electron chi connectivity index (χ1n) is 6.92. The molecule has 0 saturated heterocycles. The zero-order chi connectivity index (χ0) is 13.2. The van der Waals surface area contributed by atoms with Gasteiger partial charge in [-0.1, -0.05) is 6.07 Å². The first-order valence-corrected chi connectivity index (χ1v) is 6.92. The van der Waals surface area contributed by atoms with Gasteiger partial charge in [-0.05, 0) is 37.8 Å². The third-order valence-corrected chi connectivity index (χ3v) is 4.01. The molecule has 19 heavy (non-hydrogen) atoms. The van der Waals surface area contributed by atoms with Gasteiger partial charge in [0, 0.05) is 42.8 Å². The fourth-order valence-electron chi connectivity index (χ4n) is 2.91. The molecule has 1 unspecified atom stereocenters. The van der Waals surface area contributed by atoms with Gasteiger partial charge in [-0.3, -0.25) is 9.67 Å². The van der Waals surface area contributed by atoms with Gasteiger partial charge >= 0.3 is 0 Å². The van der Waals surface area contributed by atoms with E-state index in [-0.39, 0.29) is 0 Å². The van der Waals surface area contributed by atoms with Gasteiger partial charge in [0.15, 0.2) is 0 Å². The molecule has 0 saturated carbocycles. The van der Waals surface area contributed by atoms with Gasteiger partial charge in [0.25, 0.3) is 0 Å². The van der Waals surface area contributed by atoms with Gasteiger partial charge in [-0.15, -0.1) is 0 Å². The lowest BCUT2D eigenvalue weighted by molar-refractivity contribution is 0.410. The summed E-state index contributed by atoms with van der Waals surface area (Å²) in [5.74, 6) is 0. The van der Waals surface area contributed by atoms with Gasteiger partial charge in [0.05, 0.1) is 6.20 Å². The van der Waals surface area contributed by atoms with Crippen molar-refractivity contribution in [3.8, 4) is 0 Å². The van der Waals surface area contributed by atoms with Crippen LogP contribution in [0.1, 0.15) is 48.7 Å². The van der Waals surface area contributed by atoms with E-state index in [1.807, 2.05) is 36.4 Å². The molecule has 0 fully saturated rings. The lowest BCUT2D eigenvalue weighted by atomic mass is 9.92. The molecular weight excluding hydrogens is 236 g/mol. The number of hydrogen-bond acceptors (Lipinski definition) is 3. The average Bonchev–Trinajstić information content (AvgIpc) is 2.83. The monoisotopic (exact) mass is 256 g/mol. The first kappa shape index (κ1) is 12.4. The number of hydrogen-bond donors (Lipinski definition) is 1. The van der Waals surface area contributed by atoms with Crippen LogP contribution in [0.4, 0.5) is 0 Å². The molecule has 4 heteroatoms. The number of aromatic nitrogens is 3. The summed E-state index contributed by atoms with van der Waals surface area (Å²) in [5, 5.41) is 8.10. The second-order valence-corrected chi connectivity index (χ2v) is 5.29. The maximum absolute atomic E-state index is 4.39. The van der Waals surface area contributed by atoms with Crippen LogP contribution < -0.4 is 5.32 Å². The largest absolute Gasteiger partial charge is 0.303 e. The lowest BCUT2D eigenvalue weighted by Gasteiger charge is -2.27. The van der Waals surface area contributed by atoms with Crippen LogP contribution in [0.2, 0.25) is 0 Å². The molecule has 4 nitrogen and oxygen atoms in total. The van der Waals surface area contributed by atoms with Gasteiger partial charge in [-0.2, -0.15) is 5.10 Å². The van der Waals surface area contributed by atoms with Gasteiger partial charge < -0.3 is 5.32 Å². The van der Waals surface area contributed by atoms with Crippen molar-refractivity contribution in [3.63, 3.8) is 0 Å². The van der Waals surface area contributed by atoms with Crippen LogP contribution in [0.3, 0.4) is 0 Å². The minimum absolute atomic E-state index is 0.310. The molecule has 2 atom stereocenters. The van der Waals surface area contributed by atoms with E-state index >= 15 is 0 Å². The summed E-state index contributed by atoms with van der Waals surface area (Å²) in [5.41, 5.74) is 3.98. The Bertz CT molecular complexity index is 547. The Balaban J connectivity index is 1.78. The molecular formula is C15H20N4.